The Kier molecular flexibility index (Phi) is 4.23. The first kappa shape index (κ1) is 11.6. The molecule has 1 aromatic rings. The third-order valence-electron chi connectivity index (χ3n) is 2.87. The SMILES string of the molecule is CC(CCNC1CC1)Cc1sccc1Br. The number of rotatable bonds is 6. The van der Waals surface area contributed by atoms with Crippen LogP contribution in [0.25, 0.3) is 0 Å². The molecule has 0 bridgehead atoms. The van der Waals surface area contributed by atoms with Crippen LogP contribution in [-0.4, -0.2) is 12.6 Å². The van der Waals surface area contributed by atoms with Gasteiger partial charge in [0.25, 0.3) is 0 Å². The van der Waals surface area contributed by atoms with Crippen molar-refractivity contribution in [1.29, 1.82) is 0 Å². The van der Waals surface area contributed by atoms with Gasteiger partial charge in [-0.1, -0.05) is 6.92 Å². The van der Waals surface area contributed by atoms with Crippen molar-refractivity contribution in [3.63, 3.8) is 0 Å². The van der Waals surface area contributed by atoms with E-state index < -0.39 is 0 Å². The van der Waals surface area contributed by atoms with Crippen LogP contribution in [0, 0.1) is 5.92 Å². The summed E-state index contributed by atoms with van der Waals surface area (Å²) in [6, 6.07) is 3.00. The lowest BCUT2D eigenvalue weighted by atomic mass is 10.0. The Morgan fingerprint density at radius 2 is 2.40 bits per heavy atom. The number of thiophene rings is 1. The molecule has 1 aliphatic rings. The molecule has 1 aromatic heterocycles. The normalized spacial score (nSPS) is 18.0. The first-order valence-electron chi connectivity index (χ1n) is 5.71. The summed E-state index contributed by atoms with van der Waals surface area (Å²) < 4.78 is 1.29. The zero-order chi connectivity index (χ0) is 10.7. The molecule has 0 spiro atoms. The molecule has 0 radical (unpaired) electrons. The molecule has 0 saturated heterocycles. The van der Waals surface area contributed by atoms with Gasteiger partial charge in [-0.3, -0.25) is 0 Å². The lowest BCUT2D eigenvalue weighted by molar-refractivity contribution is 0.500. The third-order valence-corrected chi connectivity index (χ3v) is 4.82. The van der Waals surface area contributed by atoms with E-state index in [1.165, 1.54) is 41.6 Å². The molecule has 3 heteroatoms. The lowest BCUT2D eigenvalue weighted by Gasteiger charge is -2.10. The fourth-order valence-electron chi connectivity index (χ4n) is 1.71. The first-order chi connectivity index (χ1) is 7.25. The van der Waals surface area contributed by atoms with E-state index in [1.807, 2.05) is 11.3 Å². The Balaban J connectivity index is 1.67. The van der Waals surface area contributed by atoms with E-state index in [4.69, 9.17) is 0 Å². The van der Waals surface area contributed by atoms with E-state index in [9.17, 15) is 0 Å². The molecule has 15 heavy (non-hydrogen) atoms. The summed E-state index contributed by atoms with van der Waals surface area (Å²) in [6.45, 7) is 3.54. The van der Waals surface area contributed by atoms with Gasteiger partial charge in [-0.25, -0.2) is 0 Å². The van der Waals surface area contributed by atoms with Crippen molar-refractivity contribution in [3.8, 4) is 0 Å². The van der Waals surface area contributed by atoms with E-state index in [2.05, 4.69) is 39.6 Å². The second-order valence-corrected chi connectivity index (χ2v) is 6.37. The first-order valence-corrected chi connectivity index (χ1v) is 7.38. The van der Waals surface area contributed by atoms with Crippen molar-refractivity contribution >= 4 is 27.3 Å². The number of hydrogen-bond acceptors (Lipinski definition) is 2. The van der Waals surface area contributed by atoms with E-state index in [0.717, 1.165) is 12.0 Å². The van der Waals surface area contributed by atoms with Crippen molar-refractivity contribution < 1.29 is 0 Å². The van der Waals surface area contributed by atoms with Gasteiger partial charge in [0.05, 0.1) is 0 Å². The van der Waals surface area contributed by atoms with E-state index >= 15 is 0 Å². The third kappa shape index (κ3) is 3.89. The van der Waals surface area contributed by atoms with Gasteiger partial charge >= 0.3 is 0 Å². The molecule has 0 aliphatic heterocycles. The largest absolute Gasteiger partial charge is 0.314 e. The van der Waals surface area contributed by atoms with Crippen LogP contribution in [0.1, 0.15) is 31.1 Å². The Labute approximate surface area is 104 Å². The van der Waals surface area contributed by atoms with Crippen LogP contribution in [0.2, 0.25) is 0 Å². The van der Waals surface area contributed by atoms with Crippen molar-refractivity contribution in [1.82, 2.24) is 5.32 Å². The molecule has 1 fully saturated rings. The Morgan fingerprint density at radius 1 is 1.60 bits per heavy atom. The summed E-state index contributed by atoms with van der Waals surface area (Å²) in [4.78, 5) is 1.49. The molecular formula is C12H18BrNS. The van der Waals surface area contributed by atoms with Gasteiger partial charge in [-0.15, -0.1) is 11.3 Å². The van der Waals surface area contributed by atoms with Crippen LogP contribution in [-0.2, 0) is 6.42 Å². The van der Waals surface area contributed by atoms with Crippen LogP contribution < -0.4 is 5.32 Å². The zero-order valence-electron chi connectivity index (χ0n) is 9.13. The summed E-state index contributed by atoms with van der Waals surface area (Å²) in [6.07, 6.45) is 5.29. The minimum Gasteiger partial charge on any atom is -0.314 e. The molecule has 1 N–H and O–H groups in total. The maximum absolute atomic E-state index is 3.59. The topological polar surface area (TPSA) is 12.0 Å². The molecule has 1 nitrogen and oxygen atoms in total. The highest BCUT2D eigenvalue weighted by Gasteiger charge is 2.20. The van der Waals surface area contributed by atoms with Crippen LogP contribution in [0.3, 0.4) is 0 Å². The fraction of sp³-hybridized carbons (Fsp3) is 0.667. The molecule has 1 atom stereocenters. The average molecular weight is 288 g/mol. The van der Waals surface area contributed by atoms with Gasteiger partial charge in [0.2, 0.25) is 0 Å². The Morgan fingerprint density at radius 3 is 3.00 bits per heavy atom. The highest BCUT2D eigenvalue weighted by Crippen LogP contribution is 2.26. The molecule has 0 aromatic carbocycles. The number of hydrogen-bond donors (Lipinski definition) is 1. The van der Waals surface area contributed by atoms with Crippen LogP contribution >= 0.6 is 27.3 Å². The van der Waals surface area contributed by atoms with Crippen LogP contribution in [0.4, 0.5) is 0 Å². The van der Waals surface area contributed by atoms with Gasteiger partial charge in [0, 0.05) is 15.4 Å². The average Bonchev–Trinajstić information content (AvgIpc) is 2.93. The van der Waals surface area contributed by atoms with E-state index in [0.29, 0.717) is 0 Å². The van der Waals surface area contributed by atoms with Gasteiger partial charge in [0.1, 0.15) is 0 Å². The molecule has 0 amide bonds. The van der Waals surface area contributed by atoms with Gasteiger partial charge in [0.15, 0.2) is 0 Å². The second-order valence-electron chi connectivity index (χ2n) is 4.52. The predicted octanol–water partition coefficient (Wildman–Crippen LogP) is 3.83. The highest BCUT2D eigenvalue weighted by atomic mass is 79.9. The van der Waals surface area contributed by atoms with Crippen molar-refractivity contribution in [3.05, 3.63) is 20.8 Å². The molecule has 84 valence electrons. The fourth-order valence-corrected chi connectivity index (χ4v) is 3.39. The highest BCUT2D eigenvalue weighted by molar-refractivity contribution is 9.10. The van der Waals surface area contributed by atoms with Crippen LogP contribution in [0.5, 0.6) is 0 Å². The minimum absolute atomic E-state index is 0.784. The lowest BCUT2D eigenvalue weighted by Crippen LogP contribution is -2.19. The summed E-state index contributed by atoms with van der Waals surface area (Å²) in [5, 5.41) is 5.73. The zero-order valence-corrected chi connectivity index (χ0v) is 11.5. The number of nitrogens with one attached hydrogen (secondary N) is 1. The maximum Gasteiger partial charge on any atom is 0.0314 e. The van der Waals surface area contributed by atoms with E-state index in [1.54, 1.807) is 0 Å². The minimum atomic E-state index is 0.784. The summed E-state index contributed by atoms with van der Waals surface area (Å²) in [5.41, 5.74) is 0. The quantitative estimate of drug-likeness (QED) is 0.839. The summed E-state index contributed by atoms with van der Waals surface area (Å²) >= 11 is 5.45. The van der Waals surface area contributed by atoms with Crippen molar-refractivity contribution in [2.75, 3.05) is 6.54 Å². The predicted molar refractivity (Wildman–Crippen MR) is 70.5 cm³/mol. The molecule has 1 heterocycles. The molecule has 2 rings (SSSR count). The molecule has 1 aliphatic carbocycles. The second kappa shape index (κ2) is 5.46. The van der Waals surface area contributed by atoms with Gasteiger partial charge in [-0.05, 0) is 65.5 Å². The Bertz CT molecular complexity index is 306. The molecule has 1 unspecified atom stereocenters. The standard InChI is InChI=1S/C12H18BrNS/c1-9(4-6-14-10-2-3-10)8-12-11(13)5-7-15-12/h5,7,9-10,14H,2-4,6,8H2,1H3. The van der Waals surface area contributed by atoms with Gasteiger partial charge < -0.3 is 5.32 Å². The van der Waals surface area contributed by atoms with Crippen molar-refractivity contribution in [2.45, 2.75) is 38.6 Å². The monoisotopic (exact) mass is 287 g/mol. The number of halogens is 1. The van der Waals surface area contributed by atoms with Crippen LogP contribution in [0.15, 0.2) is 15.9 Å². The Hall–Kier alpha value is 0.140. The summed E-state index contributed by atoms with van der Waals surface area (Å²) in [5.74, 6) is 0.784. The molecular weight excluding hydrogens is 270 g/mol. The van der Waals surface area contributed by atoms with E-state index in [-0.39, 0.29) is 0 Å². The van der Waals surface area contributed by atoms with Crippen molar-refractivity contribution in [2.24, 2.45) is 5.92 Å². The summed E-state index contributed by atoms with van der Waals surface area (Å²) in [7, 11) is 0. The smallest absolute Gasteiger partial charge is 0.0314 e. The molecule has 1 saturated carbocycles. The van der Waals surface area contributed by atoms with Gasteiger partial charge in [-0.2, -0.15) is 0 Å². The maximum atomic E-state index is 3.59.